The number of carbonyl (C=O) groups excluding carboxylic acids is 2. The summed E-state index contributed by atoms with van der Waals surface area (Å²) >= 11 is 0. The van der Waals surface area contributed by atoms with Crippen LogP contribution in [0.4, 0.5) is 0 Å². The molecule has 2 unspecified atom stereocenters. The molecule has 0 saturated carbocycles. The van der Waals surface area contributed by atoms with Crippen molar-refractivity contribution in [3.63, 3.8) is 0 Å². The lowest BCUT2D eigenvalue weighted by Crippen LogP contribution is -2.54. The van der Waals surface area contributed by atoms with Crippen LogP contribution in [0.1, 0.15) is 27.7 Å². The maximum atomic E-state index is 11.9. The van der Waals surface area contributed by atoms with Crippen LogP contribution in [0.3, 0.4) is 0 Å². The molecule has 0 aromatic heterocycles. The summed E-state index contributed by atoms with van der Waals surface area (Å²) in [5, 5.41) is 8.45. The van der Waals surface area contributed by atoms with Gasteiger partial charge in [-0.25, -0.2) is 0 Å². The second-order valence-electron chi connectivity index (χ2n) is 4.59. The number of nitrogens with two attached hydrogens (primary N) is 1. The summed E-state index contributed by atoms with van der Waals surface area (Å²) in [6, 6.07) is -0.858. The van der Waals surface area contributed by atoms with E-state index in [0.717, 1.165) is 0 Å². The van der Waals surface area contributed by atoms with Gasteiger partial charge in [-0.3, -0.25) is 9.59 Å². The monoisotopic (exact) mass is 258 g/mol. The number of rotatable bonds is 8. The predicted molar refractivity (Wildman–Crippen MR) is 72.0 cm³/mol. The molecule has 0 rings (SSSR count). The molecule has 6 nitrogen and oxygen atoms in total. The summed E-state index contributed by atoms with van der Waals surface area (Å²) < 4.78 is 0. The molecule has 106 valence electrons. The molecule has 0 fully saturated rings. The van der Waals surface area contributed by atoms with Crippen LogP contribution in [-0.2, 0) is 9.59 Å². The number of likely N-dealkylation sites (N-methyl/N-ethyl adjacent to an activating group) is 1. The fraction of sp³-hybridized carbons (Fsp3) is 0.833. The number of hydrogen-bond acceptors (Lipinski definition) is 4. The third-order valence-corrected chi connectivity index (χ3v) is 2.59. The SMILES string of the molecule is CCNC(=O)C(NC(=O)C(C)NCCN)C(C)C. The molecule has 0 aliphatic carbocycles. The summed E-state index contributed by atoms with van der Waals surface area (Å²) in [6.07, 6.45) is 0. The van der Waals surface area contributed by atoms with Gasteiger partial charge in [0.25, 0.3) is 0 Å². The molecular formula is C12H26N4O2. The van der Waals surface area contributed by atoms with Crippen molar-refractivity contribution in [3.8, 4) is 0 Å². The van der Waals surface area contributed by atoms with Crippen molar-refractivity contribution in [2.45, 2.75) is 39.8 Å². The number of amides is 2. The first-order valence-electron chi connectivity index (χ1n) is 6.45. The Morgan fingerprint density at radius 2 is 1.78 bits per heavy atom. The van der Waals surface area contributed by atoms with E-state index in [4.69, 9.17) is 5.73 Å². The number of hydrogen-bond donors (Lipinski definition) is 4. The maximum Gasteiger partial charge on any atom is 0.242 e. The quantitative estimate of drug-likeness (QED) is 0.458. The van der Waals surface area contributed by atoms with Crippen molar-refractivity contribution in [2.75, 3.05) is 19.6 Å². The Labute approximate surface area is 109 Å². The first-order valence-corrected chi connectivity index (χ1v) is 6.45. The summed E-state index contributed by atoms with van der Waals surface area (Å²) in [4.78, 5) is 23.7. The van der Waals surface area contributed by atoms with Gasteiger partial charge in [-0.05, 0) is 19.8 Å². The van der Waals surface area contributed by atoms with Crippen LogP contribution in [-0.4, -0.2) is 43.5 Å². The highest BCUT2D eigenvalue weighted by Gasteiger charge is 2.25. The van der Waals surface area contributed by atoms with Gasteiger partial charge in [-0.15, -0.1) is 0 Å². The third-order valence-electron chi connectivity index (χ3n) is 2.59. The highest BCUT2D eigenvalue weighted by atomic mass is 16.2. The molecule has 0 aromatic carbocycles. The average Bonchev–Trinajstić information content (AvgIpc) is 2.32. The molecule has 0 bridgehead atoms. The van der Waals surface area contributed by atoms with Crippen LogP contribution in [0.2, 0.25) is 0 Å². The molecule has 5 N–H and O–H groups in total. The first kappa shape index (κ1) is 16.9. The molecule has 0 saturated heterocycles. The molecule has 2 atom stereocenters. The minimum atomic E-state index is -0.500. The fourth-order valence-corrected chi connectivity index (χ4v) is 1.49. The second kappa shape index (κ2) is 8.88. The number of carbonyl (C=O) groups is 2. The normalized spacial score (nSPS) is 14.1. The Balaban J connectivity index is 4.40. The lowest BCUT2D eigenvalue weighted by molar-refractivity contribution is -0.130. The van der Waals surface area contributed by atoms with Gasteiger partial charge < -0.3 is 21.7 Å². The van der Waals surface area contributed by atoms with Crippen molar-refractivity contribution in [1.29, 1.82) is 0 Å². The lowest BCUT2D eigenvalue weighted by atomic mass is 10.0. The zero-order chi connectivity index (χ0) is 14.1. The molecule has 2 amide bonds. The van der Waals surface area contributed by atoms with Crippen molar-refractivity contribution in [2.24, 2.45) is 11.7 Å². The summed E-state index contributed by atoms with van der Waals surface area (Å²) in [6.45, 7) is 9.00. The van der Waals surface area contributed by atoms with E-state index in [1.54, 1.807) is 6.92 Å². The molecule has 18 heavy (non-hydrogen) atoms. The predicted octanol–water partition coefficient (Wildman–Crippen LogP) is -0.800. The molecule has 0 radical (unpaired) electrons. The van der Waals surface area contributed by atoms with Gasteiger partial charge in [-0.2, -0.15) is 0 Å². The van der Waals surface area contributed by atoms with Gasteiger partial charge in [-0.1, -0.05) is 13.8 Å². The van der Waals surface area contributed by atoms with Crippen LogP contribution in [0.5, 0.6) is 0 Å². The molecule has 0 aliphatic heterocycles. The van der Waals surface area contributed by atoms with Gasteiger partial charge in [0.2, 0.25) is 11.8 Å². The molecule has 0 spiro atoms. The topological polar surface area (TPSA) is 96.2 Å². The van der Waals surface area contributed by atoms with Crippen molar-refractivity contribution in [1.82, 2.24) is 16.0 Å². The van der Waals surface area contributed by atoms with Crippen LogP contribution in [0, 0.1) is 5.92 Å². The molecular weight excluding hydrogens is 232 g/mol. The van der Waals surface area contributed by atoms with E-state index in [1.165, 1.54) is 0 Å². The smallest absolute Gasteiger partial charge is 0.242 e. The van der Waals surface area contributed by atoms with Gasteiger partial charge in [0.1, 0.15) is 6.04 Å². The van der Waals surface area contributed by atoms with E-state index >= 15 is 0 Å². The van der Waals surface area contributed by atoms with Gasteiger partial charge in [0, 0.05) is 19.6 Å². The van der Waals surface area contributed by atoms with E-state index in [1.807, 2.05) is 20.8 Å². The van der Waals surface area contributed by atoms with Crippen molar-refractivity contribution < 1.29 is 9.59 Å². The fourth-order valence-electron chi connectivity index (χ4n) is 1.49. The van der Waals surface area contributed by atoms with Crippen LogP contribution in [0.25, 0.3) is 0 Å². The van der Waals surface area contributed by atoms with E-state index < -0.39 is 6.04 Å². The zero-order valence-corrected chi connectivity index (χ0v) is 11.7. The van der Waals surface area contributed by atoms with Crippen molar-refractivity contribution in [3.05, 3.63) is 0 Å². The first-order chi connectivity index (χ1) is 8.43. The minimum absolute atomic E-state index is 0.0437. The van der Waals surface area contributed by atoms with E-state index in [9.17, 15) is 9.59 Å². The highest BCUT2D eigenvalue weighted by Crippen LogP contribution is 2.02. The molecule has 6 heteroatoms. The minimum Gasteiger partial charge on any atom is -0.355 e. The van der Waals surface area contributed by atoms with Crippen LogP contribution in [0.15, 0.2) is 0 Å². The summed E-state index contributed by atoms with van der Waals surface area (Å²) in [5.41, 5.74) is 5.36. The average molecular weight is 258 g/mol. The van der Waals surface area contributed by atoms with Crippen LogP contribution < -0.4 is 21.7 Å². The Hall–Kier alpha value is -1.14. The molecule has 0 aliphatic rings. The van der Waals surface area contributed by atoms with E-state index in [0.29, 0.717) is 19.6 Å². The Morgan fingerprint density at radius 1 is 1.17 bits per heavy atom. The Bertz CT molecular complexity index is 269. The van der Waals surface area contributed by atoms with Gasteiger partial charge in [0.15, 0.2) is 0 Å². The van der Waals surface area contributed by atoms with Crippen LogP contribution >= 0.6 is 0 Å². The number of nitrogens with one attached hydrogen (secondary N) is 3. The summed E-state index contributed by atoms with van der Waals surface area (Å²) in [5.74, 6) is -0.289. The standard InChI is InChI=1S/C12H26N4O2/c1-5-14-12(18)10(8(2)3)16-11(17)9(4)15-7-6-13/h8-10,15H,5-7,13H2,1-4H3,(H,14,18)(H,16,17). The van der Waals surface area contributed by atoms with E-state index in [-0.39, 0.29) is 23.8 Å². The maximum absolute atomic E-state index is 11.9. The highest BCUT2D eigenvalue weighted by molar-refractivity contribution is 5.89. The summed E-state index contributed by atoms with van der Waals surface area (Å²) in [7, 11) is 0. The van der Waals surface area contributed by atoms with Gasteiger partial charge >= 0.3 is 0 Å². The lowest BCUT2D eigenvalue weighted by Gasteiger charge is -2.23. The third kappa shape index (κ3) is 5.97. The molecule has 0 aromatic rings. The Morgan fingerprint density at radius 3 is 2.22 bits per heavy atom. The zero-order valence-electron chi connectivity index (χ0n) is 11.7. The van der Waals surface area contributed by atoms with Gasteiger partial charge in [0.05, 0.1) is 6.04 Å². The molecule has 0 heterocycles. The van der Waals surface area contributed by atoms with E-state index in [2.05, 4.69) is 16.0 Å². The largest absolute Gasteiger partial charge is 0.355 e. The van der Waals surface area contributed by atoms with Crippen molar-refractivity contribution >= 4 is 11.8 Å². The Kier molecular flexibility index (Phi) is 8.32. The second-order valence-corrected chi connectivity index (χ2v) is 4.59.